The zero-order chi connectivity index (χ0) is 8.36. The van der Waals surface area contributed by atoms with Crippen molar-refractivity contribution in [1.82, 2.24) is 3.93 Å². The van der Waals surface area contributed by atoms with Crippen LogP contribution in [0.1, 0.15) is 0 Å². The van der Waals surface area contributed by atoms with Crippen molar-refractivity contribution in [3.05, 3.63) is 0 Å². The average molecular weight is 229 g/mol. The second kappa shape index (κ2) is 3.93. The van der Waals surface area contributed by atoms with E-state index in [0.29, 0.717) is 0 Å². The van der Waals surface area contributed by atoms with Gasteiger partial charge >= 0.3 is 10.2 Å². The molecule has 0 unspecified atom stereocenters. The monoisotopic (exact) mass is 228 g/mol. The third kappa shape index (κ3) is 4.53. The summed E-state index contributed by atoms with van der Waals surface area (Å²) in [5, 5.41) is 4.31. The van der Waals surface area contributed by atoms with Gasteiger partial charge in [-0.25, -0.2) is 5.14 Å². The lowest BCUT2D eigenvalue weighted by molar-refractivity contribution is 0.275. The standard InChI is InChI=1S/CH3Cl2FN2O2S2/c2-1(3)9-6(4)10(5,7)8/h1H,(H2,5,7,8). The molecule has 0 atom stereocenters. The van der Waals surface area contributed by atoms with Gasteiger partial charge in [-0.1, -0.05) is 23.2 Å². The summed E-state index contributed by atoms with van der Waals surface area (Å²) in [7, 11) is -4.34. The molecule has 0 bridgehead atoms. The van der Waals surface area contributed by atoms with Gasteiger partial charge < -0.3 is 0 Å². The molecule has 0 aliphatic rings. The molecular weight excluding hydrogens is 226 g/mol. The quantitative estimate of drug-likeness (QED) is 0.442. The predicted molar refractivity (Wildman–Crippen MR) is 39.1 cm³/mol. The van der Waals surface area contributed by atoms with E-state index in [2.05, 4.69) is 5.14 Å². The Kier molecular flexibility index (Phi) is 4.22. The van der Waals surface area contributed by atoms with E-state index in [1.54, 1.807) is 0 Å². The Labute approximate surface area is 71.7 Å². The molecule has 9 heteroatoms. The molecule has 0 spiro atoms. The van der Waals surface area contributed by atoms with Gasteiger partial charge in [0.1, 0.15) is 0 Å². The van der Waals surface area contributed by atoms with Crippen molar-refractivity contribution < 1.29 is 12.9 Å². The molecule has 0 fully saturated rings. The van der Waals surface area contributed by atoms with Crippen molar-refractivity contribution in [2.45, 2.75) is 4.17 Å². The first-order valence-corrected chi connectivity index (χ1v) is 4.99. The van der Waals surface area contributed by atoms with Crippen LogP contribution in [-0.2, 0) is 10.2 Å². The van der Waals surface area contributed by atoms with Crippen molar-refractivity contribution in [3.63, 3.8) is 0 Å². The van der Waals surface area contributed by atoms with Crippen LogP contribution >= 0.6 is 35.1 Å². The number of nitrogens with two attached hydrogens (primary N) is 1. The normalized spacial score (nSPS) is 13.0. The van der Waals surface area contributed by atoms with Gasteiger partial charge in [0, 0.05) is 15.9 Å². The molecule has 0 aliphatic heterocycles. The summed E-state index contributed by atoms with van der Waals surface area (Å²) in [5.74, 6) is 0. The maximum atomic E-state index is 12.1. The van der Waals surface area contributed by atoms with Gasteiger partial charge in [-0.2, -0.15) is 8.42 Å². The van der Waals surface area contributed by atoms with Crippen LogP contribution in [0.3, 0.4) is 0 Å². The summed E-state index contributed by atoms with van der Waals surface area (Å²) >= 11 is 10.1. The van der Waals surface area contributed by atoms with Gasteiger partial charge in [0.25, 0.3) is 0 Å². The molecule has 62 valence electrons. The van der Waals surface area contributed by atoms with E-state index in [-0.39, 0.29) is 11.9 Å². The topological polar surface area (TPSA) is 63.4 Å². The maximum absolute atomic E-state index is 12.1. The average Bonchev–Trinajstić information content (AvgIpc) is 1.60. The Balaban J connectivity index is 3.99. The van der Waals surface area contributed by atoms with Gasteiger partial charge in [0.05, 0.1) is 0 Å². The maximum Gasteiger partial charge on any atom is 0.313 e. The molecule has 0 radical (unpaired) electrons. The van der Waals surface area contributed by atoms with Crippen LogP contribution in [0.25, 0.3) is 0 Å². The predicted octanol–water partition coefficient (Wildman–Crippen LogP) is 0.786. The summed E-state index contributed by atoms with van der Waals surface area (Å²) in [5.41, 5.74) is 0. The second-order valence-electron chi connectivity index (χ2n) is 1.09. The van der Waals surface area contributed by atoms with E-state index in [1.165, 1.54) is 0 Å². The molecule has 0 aromatic carbocycles. The summed E-state index contributed by atoms with van der Waals surface area (Å²) in [6.07, 6.45) is 0. The summed E-state index contributed by atoms with van der Waals surface area (Å²) in [6.45, 7) is 0. The molecule has 0 heterocycles. The van der Waals surface area contributed by atoms with E-state index >= 15 is 0 Å². The van der Waals surface area contributed by atoms with Crippen molar-refractivity contribution in [2.24, 2.45) is 5.14 Å². The Morgan fingerprint density at radius 1 is 1.60 bits per heavy atom. The number of rotatable bonds is 3. The largest absolute Gasteiger partial charge is 0.313 e. The molecule has 4 nitrogen and oxygen atoms in total. The minimum absolute atomic E-state index is 0.0459. The summed E-state index contributed by atoms with van der Waals surface area (Å²) in [6, 6.07) is 0. The second-order valence-corrected chi connectivity index (χ2v) is 5.29. The Morgan fingerprint density at radius 3 is 2.10 bits per heavy atom. The highest BCUT2D eigenvalue weighted by Crippen LogP contribution is 2.25. The lowest BCUT2D eigenvalue weighted by atomic mass is 11.9. The van der Waals surface area contributed by atoms with Crippen LogP contribution in [-0.4, -0.2) is 16.5 Å². The van der Waals surface area contributed by atoms with Gasteiger partial charge in [0.2, 0.25) is 0 Å². The smallest absolute Gasteiger partial charge is 0.213 e. The van der Waals surface area contributed by atoms with Crippen LogP contribution in [0.4, 0.5) is 4.48 Å². The molecule has 10 heavy (non-hydrogen) atoms. The van der Waals surface area contributed by atoms with E-state index in [1.807, 2.05) is 0 Å². The van der Waals surface area contributed by atoms with Crippen LogP contribution in [0.15, 0.2) is 0 Å². The van der Waals surface area contributed by atoms with E-state index in [9.17, 15) is 12.9 Å². The molecule has 0 amide bonds. The highest BCUT2D eigenvalue weighted by molar-refractivity contribution is 8.09. The fraction of sp³-hybridized carbons (Fsp3) is 1.00. The van der Waals surface area contributed by atoms with E-state index in [0.717, 1.165) is 0 Å². The lowest BCUT2D eigenvalue weighted by Crippen LogP contribution is -2.25. The minimum Gasteiger partial charge on any atom is -0.213 e. The summed E-state index contributed by atoms with van der Waals surface area (Å²) in [4.78, 5) is 0. The molecule has 0 aromatic heterocycles. The van der Waals surface area contributed by atoms with Crippen molar-refractivity contribution in [1.29, 1.82) is 0 Å². The zero-order valence-corrected chi connectivity index (χ0v) is 7.51. The number of halogens is 3. The Hall–Kier alpha value is 0.730. The first kappa shape index (κ1) is 10.7. The van der Waals surface area contributed by atoms with Crippen LogP contribution in [0.2, 0.25) is 0 Å². The van der Waals surface area contributed by atoms with Crippen molar-refractivity contribution >= 4 is 45.4 Å². The van der Waals surface area contributed by atoms with Crippen LogP contribution in [0.5, 0.6) is 0 Å². The highest BCUT2D eigenvalue weighted by Gasteiger charge is 2.20. The first-order chi connectivity index (χ1) is 4.34. The molecule has 0 aliphatic carbocycles. The van der Waals surface area contributed by atoms with Gasteiger partial charge in [-0.3, -0.25) is 0 Å². The van der Waals surface area contributed by atoms with Gasteiger partial charge in [0.15, 0.2) is 4.17 Å². The lowest BCUT2D eigenvalue weighted by Gasteiger charge is -2.06. The summed E-state index contributed by atoms with van der Waals surface area (Å²) < 4.78 is 30.3. The Bertz CT molecular complexity index is 193. The third-order valence-corrected chi connectivity index (χ3v) is 2.45. The number of alkyl halides is 2. The fourth-order valence-electron chi connectivity index (χ4n) is 0.123. The fourth-order valence-corrected chi connectivity index (χ4v) is 1.69. The molecule has 0 rings (SSSR count). The van der Waals surface area contributed by atoms with Crippen LogP contribution in [0, 0.1) is 0 Å². The molecule has 0 saturated heterocycles. The third-order valence-electron chi connectivity index (χ3n) is 0.363. The number of nitrogens with zero attached hydrogens (tertiary/aromatic N) is 1. The number of hydrogen-bond donors (Lipinski definition) is 1. The SMILES string of the molecule is NS(=O)(=O)N(F)SC(Cl)Cl. The highest BCUT2D eigenvalue weighted by atomic mass is 35.5. The van der Waals surface area contributed by atoms with E-state index < -0.39 is 18.3 Å². The number of hydrogen-bond acceptors (Lipinski definition) is 3. The van der Waals surface area contributed by atoms with Gasteiger partial charge in [-0.05, 0) is 0 Å². The van der Waals surface area contributed by atoms with E-state index in [4.69, 9.17) is 23.2 Å². The first-order valence-electron chi connectivity index (χ1n) is 1.78. The van der Waals surface area contributed by atoms with Crippen molar-refractivity contribution in [3.8, 4) is 0 Å². The van der Waals surface area contributed by atoms with Gasteiger partial charge in [-0.15, -0.1) is 4.48 Å². The van der Waals surface area contributed by atoms with Crippen molar-refractivity contribution in [2.75, 3.05) is 0 Å². The zero-order valence-electron chi connectivity index (χ0n) is 4.37. The molecule has 2 N–H and O–H groups in total. The Morgan fingerprint density at radius 2 is 2.00 bits per heavy atom. The van der Waals surface area contributed by atoms with Crippen LogP contribution < -0.4 is 5.14 Å². The molecule has 0 aromatic rings. The molecular formula is CH3Cl2FN2O2S2. The minimum atomic E-state index is -4.34. The molecule has 0 saturated carbocycles.